The van der Waals surface area contributed by atoms with Gasteiger partial charge in [0.15, 0.2) is 23.0 Å². The fourth-order valence-corrected chi connectivity index (χ4v) is 5.61. The highest BCUT2D eigenvalue weighted by Gasteiger charge is 2.34. The minimum absolute atomic E-state index is 0.289. The fraction of sp³-hybridized carbons (Fsp3) is 0.273. The van der Waals surface area contributed by atoms with Gasteiger partial charge in [-0.15, -0.1) is 0 Å². The predicted octanol–water partition coefficient (Wildman–Crippen LogP) is 6.52. The molecule has 0 unspecified atom stereocenters. The molecular formula is C33H33NO4. The van der Waals surface area contributed by atoms with Crippen LogP contribution in [0.15, 0.2) is 84.9 Å². The lowest BCUT2D eigenvalue weighted by Crippen LogP contribution is -2.39. The Balaban J connectivity index is 1.26. The largest absolute Gasteiger partial charge is 0.493 e. The third-order valence-electron chi connectivity index (χ3n) is 7.64. The molecular weight excluding hydrogens is 474 g/mol. The van der Waals surface area contributed by atoms with Crippen molar-refractivity contribution in [3.63, 3.8) is 0 Å². The minimum Gasteiger partial charge on any atom is -0.493 e. The van der Waals surface area contributed by atoms with Crippen LogP contribution in [-0.4, -0.2) is 25.7 Å². The number of rotatable bonds is 8. The van der Waals surface area contributed by atoms with Crippen LogP contribution in [0.1, 0.15) is 39.4 Å². The summed E-state index contributed by atoms with van der Waals surface area (Å²) >= 11 is 0. The van der Waals surface area contributed by atoms with Crippen LogP contribution in [0.3, 0.4) is 0 Å². The Bertz CT molecular complexity index is 1400. The third kappa shape index (κ3) is 4.94. The van der Waals surface area contributed by atoms with Gasteiger partial charge < -0.3 is 18.9 Å². The lowest BCUT2D eigenvalue weighted by atomic mass is 9.83. The lowest BCUT2D eigenvalue weighted by Gasteiger charge is -2.42. The lowest BCUT2D eigenvalue weighted by molar-refractivity contribution is 0.159. The smallest absolute Gasteiger partial charge is 0.162 e. The first kappa shape index (κ1) is 24.4. The first-order valence-corrected chi connectivity index (χ1v) is 13.2. The van der Waals surface area contributed by atoms with E-state index in [9.17, 15) is 0 Å². The molecule has 4 aromatic rings. The summed E-state index contributed by atoms with van der Waals surface area (Å²) in [5, 5.41) is 0. The highest BCUT2D eigenvalue weighted by atomic mass is 16.5. The molecule has 4 aromatic carbocycles. The van der Waals surface area contributed by atoms with Crippen molar-refractivity contribution in [2.75, 3.05) is 20.8 Å². The van der Waals surface area contributed by atoms with E-state index in [4.69, 9.17) is 18.9 Å². The zero-order valence-electron chi connectivity index (χ0n) is 22.0. The SMILES string of the molecule is COc1cc2c(cc1OCc1ccccc1)CN1CCc3cc(OC)c(OCc4ccccc4)cc3[C@@H]1C2. The van der Waals surface area contributed by atoms with E-state index in [2.05, 4.69) is 53.4 Å². The molecule has 2 aliphatic rings. The van der Waals surface area contributed by atoms with Crippen molar-refractivity contribution in [2.24, 2.45) is 0 Å². The number of hydrogen-bond acceptors (Lipinski definition) is 5. The maximum atomic E-state index is 6.26. The van der Waals surface area contributed by atoms with E-state index < -0.39 is 0 Å². The molecule has 0 radical (unpaired) electrons. The van der Waals surface area contributed by atoms with Crippen molar-refractivity contribution in [3.8, 4) is 23.0 Å². The molecule has 0 aromatic heterocycles. The van der Waals surface area contributed by atoms with E-state index in [0.717, 1.165) is 60.1 Å². The Kier molecular flexibility index (Phi) is 6.93. The average Bonchev–Trinajstić information content (AvgIpc) is 2.98. The monoisotopic (exact) mass is 507 g/mol. The van der Waals surface area contributed by atoms with Crippen molar-refractivity contribution < 1.29 is 18.9 Å². The second-order valence-electron chi connectivity index (χ2n) is 9.96. The molecule has 6 rings (SSSR count). The topological polar surface area (TPSA) is 40.2 Å². The van der Waals surface area contributed by atoms with E-state index >= 15 is 0 Å². The Morgan fingerprint density at radius 3 is 1.82 bits per heavy atom. The second-order valence-corrected chi connectivity index (χ2v) is 9.96. The maximum Gasteiger partial charge on any atom is 0.162 e. The number of hydrogen-bond donors (Lipinski definition) is 0. The zero-order valence-corrected chi connectivity index (χ0v) is 22.0. The van der Waals surface area contributed by atoms with Crippen LogP contribution in [0.5, 0.6) is 23.0 Å². The molecule has 38 heavy (non-hydrogen) atoms. The molecule has 0 fully saturated rings. The van der Waals surface area contributed by atoms with Gasteiger partial charge in [0.1, 0.15) is 13.2 Å². The van der Waals surface area contributed by atoms with Crippen LogP contribution < -0.4 is 18.9 Å². The van der Waals surface area contributed by atoms with Crippen LogP contribution >= 0.6 is 0 Å². The third-order valence-corrected chi connectivity index (χ3v) is 7.64. The maximum absolute atomic E-state index is 6.26. The number of benzene rings is 4. The highest BCUT2D eigenvalue weighted by Crippen LogP contribution is 2.44. The molecule has 0 bridgehead atoms. The predicted molar refractivity (Wildman–Crippen MR) is 148 cm³/mol. The molecule has 0 aliphatic carbocycles. The summed E-state index contributed by atoms with van der Waals surface area (Å²) < 4.78 is 23.9. The van der Waals surface area contributed by atoms with Gasteiger partial charge in [0.2, 0.25) is 0 Å². The normalized spacial score (nSPS) is 16.1. The van der Waals surface area contributed by atoms with Crippen LogP contribution in [-0.2, 0) is 32.6 Å². The van der Waals surface area contributed by atoms with Gasteiger partial charge in [0.25, 0.3) is 0 Å². The van der Waals surface area contributed by atoms with Crippen molar-refractivity contribution in [2.45, 2.75) is 38.6 Å². The van der Waals surface area contributed by atoms with Crippen molar-refractivity contribution >= 4 is 0 Å². The van der Waals surface area contributed by atoms with Gasteiger partial charge in [-0.2, -0.15) is 0 Å². The first-order chi connectivity index (χ1) is 18.7. The second kappa shape index (κ2) is 10.8. The Morgan fingerprint density at radius 2 is 1.21 bits per heavy atom. The van der Waals surface area contributed by atoms with Gasteiger partial charge >= 0.3 is 0 Å². The van der Waals surface area contributed by atoms with Gasteiger partial charge in [0, 0.05) is 19.1 Å². The van der Waals surface area contributed by atoms with Gasteiger partial charge in [-0.05, 0) is 70.5 Å². The van der Waals surface area contributed by atoms with E-state index in [1.807, 2.05) is 36.4 Å². The summed E-state index contributed by atoms with van der Waals surface area (Å²) in [6.07, 6.45) is 1.91. The quantitative estimate of drug-likeness (QED) is 0.272. The summed E-state index contributed by atoms with van der Waals surface area (Å²) in [4.78, 5) is 2.57. The molecule has 0 saturated heterocycles. The molecule has 2 aliphatic heterocycles. The van der Waals surface area contributed by atoms with Crippen LogP contribution in [0.4, 0.5) is 0 Å². The summed E-state index contributed by atoms with van der Waals surface area (Å²) in [6.45, 7) is 2.92. The van der Waals surface area contributed by atoms with Crippen molar-refractivity contribution in [3.05, 3.63) is 118 Å². The summed E-state index contributed by atoms with van der Waals surface area (Å²) in [5.41, 5.74) is 7.56. The van der Waals surface area contributed by atoms with Gasteiger partial charge in [-0.3, -0.25) is 4.90 Å². The molecule has 5 nitrogen and oxygen atoms in total. The van der Waals surface area contributed by atoms with Crippen LogP contribution in [0, 0.1) is 0 Å². The van der Waals surface area contributed by atoms with Crippen LogP contribution in [0.2, 0.25) is 0 Å². The molecule has 0 saturated carbocycles. The van der Waals surface area contributed by atoms with Crippen LogP contribution in [0.25, 0.3) is 0 Å². The number of methoxy groups -OCH3 is 2. The van der Waals surface area contributed by atoms with Gasteiger partial charge in [-0.1, -0.05) is 60.7 Å². The molecule has 1 atom stereocenters. The molecule has 5 heteroatoms. The minimum atomic E-state index is 0.289. The van der Waals surface area contributed by atoms with Gasteiger partial charge in [0.05, 0.1) is 14.2 Å². The molecule has 2 heterocycles. The molecule has 0 amide bonds. The van der Waals surface area contributed by atoms with Gasteiger partial charge in [-0.25, -0.2) is 0 Å². The molecule has 194 valence electrons. The fourth-order valence-electron chi connectivity index (χ4n) is 5.61. The van der Waals surface area contributed by atoms with Crippen molar-refractivity contribution in [1.82, 2.24) is 4.90 Å². The Morgan fingerprint density at radius 1 is 0.658 bits per heavy atom. The zero-order chi connectivity index (χ0) is 25.9. The first-order valence-electron chi connectivity index (χ1n) is 13.2. The summed E-state index contributed by atoms with van der Waals surface area (Å²) in [7, 11) is 3.43. The van der Waals surface area contributed by atoms with Crippen molar-refractivity contribution in [1.29, 1.82) is 0 Å². The Hall–Kier alpha value is -3.96. The Labute approximate surface area is 224 Å². The average molecular weight is 508 g/mol. The van der Waals surface area contributed by atoms with E-state index in [1.54, 1.807) is 14.2 Å². The number of nitrogens with zero attached hydrogens (tertiary/aromatic N) is 1. The molecule has 0 N–H and O–H groups in total. The van der Waals surface area contributed by atoms with E-state index in [-0.39, 0.29) is 6.04 Å². The number of ether oxygens (including phenoxy) is 4. The standard InChI is InChI=1S/C33H33NO4/c1-35-30-16-25-13-14-34-20-27-18-32(37-21-23-9-5-3-6-10-23)31(36-2)17-26(27)15-29(34)28(25)19-33(30)38-22-24-11-7-4-8-12-24/h3-12,16-19,29H,13-15,20-22H2,1-2H3/t29-/m0/s1. The number of fused-ring (bicyclic) bond motifs is 4. The highest BCUT2D eigenvalue weighted by molar-refractivity contribution is 5.53. The molecule has 0 spiro atoms. The van der Waals surface area contributed by atoms with E-state index in [0.29, 0.717) is 13.2 Å². The van der Waals surface area contributed by atoms with E-state index in [1.165, 1.54) is 22.3 Å². The summed E-state index contributed by atoms with van der Waals surface area (Å²) in [5.74, 6) is 3.18. The summed E-state index contributed by atoms with van der Waals surface area (Å²) in [6, 6.07) is 29.5.